The Balaban J connectivity index is 1.47. The van der Waals surface area contributed by atoms with Crippen molar-refractivity contribution in [2.45, 2.75) is 62.7 Å². The highest BCUT2D eigenvalue weighted by Crippen LogP contribution is 2.59. The second-order valence-corrected chi connectivity index (χ2v) is 15.5. The lowest BCUT2D eigenvalue weighted by Crippen LogP contribution is -2.48. The van der Waals surface area contributed by atoms with Gasteiger partial charge in [-0.05, 0) is 71.4 Å². The molecule has 1 saturated heterocycles. The van der Waals surface area contributed by atoms with E-state index in [-0.39, 0.29) is 30.9 Å². The Kier molecular flexibility index (Phi) is 6.34. The Labute approximate surface area is 219 Å². The molecule has 2 aromatic rings. The number of anilines is 1. The van der Waals surface area contributed by atoms with E-state index in [0.29, 0.717) is 18.7 Å². The Morgan fingerprint density at radius 1 is 1.29 bits per heavy atom. The largest absolute Gasteiger partial charge is 0.394 e. The maximum absolute atomic E-state index is 15.8. The summed E-state index contributed by atoms with van der Waals surface area (Å²) in [6, 6.07) is 13.3. The van der Waals surface area contributed by atoms with Gasteiger partial charge < -0.3 is 24.2 Å². The average molecular weight is 609 g/mol. The van der Waals surface area contributed by atoms with Crippen molar-refractivity contribution < 1.29 is 23.5 Å². The average Bonchev–Trinajstić information content (AvgIpc) is 3.26. The van der Waals surface area contributed by atoms with Crippen LogP contribution in [0.25, 0.3) is 0 Å². The Morgan fingerprint density at radius 3 is 2.69 bits per heavy atom. The Hall–Kier alpha value is -1.82. The summed E-state index contributed by atoms with van der Waals surface area (Å²) in [6.07, 6.45) is -0.177. The molecule has 2 aromatic carbocycles. The molecule has 1 spiro atoms. The van der Waals surface area contributed by atoms with Crippen LogP contribution in [-0.4, -0.2) is 49.0 Å². The number of benzene rings is 2. The van der Waals surface area contributed by atoms with Crippen molar-refractivity contribution in [3.63, 3.8) is 0 Å². The third-order valence-corrected chi connectivity index (χ3v) is 11.1. The van der Waals surface area contributed by atoms with Crippen molar-refractivity contribution in [2.75, 3.05) is 11.9 Å². The van der Waals surface area contributed by atoms with Crippen LogP contribution in [0.3, 0.4) is 0 Å². The summed E-state index contributed by atoms with van der Waals surface area (Å²) in [5, 5.41) is 12.9. The number of nitrogens with one attached hydrogen (secondary N) is 1. The van der Waals surface area contributed by atoms with Gasteiger partial charge in [-0.15, -0.1) is 0 Å². The van der Waals surface area contributed by atoms with Crippen LogP contribution in [0, 0.1) is 9.49 Å². The molecule has 5 rings (SSSR count). The molecule has 0 saturated carbocycles. The number of hydrogen-bond acceptors (Lipinski definition) is 4. The zero-order valence-corrected chi connectivity index (χ0v) is 23.2. The van der Waals surface area contributed by atoms with E-state index in [1.807, 2.05) is 49.4 Å². The van der Waals surface area contributed by atoms with E-state index >= 15 is 4.11 Å². The number of fused-ring (bicyclic) bond motifs is 3. The molecule has 0 unspecified atom stereocenters. The summed E-state index contributed by atoms with van der Waals surface area (Å²) in [6.45, 7) is 5.39. The van der Waals surface area contributed by atoms with Gasteiger partial charge in [-0.25, -0.2) is 0 Å². The topological polar surface area (TPSA) is 78.9 Å². The van der Waals surface area contributed by atoms with Gasteiger partial charge in [0.05, 0.1) is 25.2 Å². The van der Waals surface area contributed by atoms with E-state index in [0.717, 1.165) is 20.3 Å². The molecule has 3 aliphatic heterocycles. The second kappa shape index (κ2) is 8.93. The highest BCUT2D eigenvalue weighted by molar-refractivity contribution is 14.1. The Bertz CT molecular complexity index is 1190. The van der Waals surface area contributed by atoms with E-state index in [4.69, 9.17) is 4.74 Å². The number of carbonyl (C=O) groups is 2. The molecule has 2 N–H and O–H groups in total. The summed E-state index contributed by atoms with van der Waals surface area (Å²) < 4.78 is 23.3. The van der Waals surface area contributed by atoms with Crippen molar-refractivity contribution in [1.82, 2.24) is 4.90 Å². The molecule has 3 aliphatic rings. The molecule has 35 heavy (non-hydrogen) atoms. The SMILES string of the molecule is C[C@H]1[C@H]([Si](C)(C)F)[C@@H](CC(=O)N2Cc3ccccc3C[C@H]2CO)O[C@]12C(=O)Nc1ccc(I)cc12. The summed E-state index contributed by atoms with van der Waals surface area (Å²) in [4.78, 5) is 28.7. The number of nitrogens with zero attached hydrogens (tertiary/aromatic N) is 1. The first kappa shape index (κ1) is 24.9. The van der Waals surface area contributed by atoms with E-state index in [9.17, 15) is 14.7 Å². The molecule has 9 heteroatoms. The second-order valence-electron chi connectivity index (χ2n) is 10.4. The maximum Gasteiger partial charge on any atom is 0.261 e. The van der Waals surface area contributed by atoms with Crippen LogP contribution in [0.2, 0.25) is 18.6 Å². The van der Waals surface area contributed by atoms with Crippen LogP contribution in [0.15, 0.2) is 42.5 Å². The fourth-order valence-corrected chi connectivity index (χ4v) is 9.36. The van der Waals surface area contributed by atoms with Crippen LogP contribution >= 0.6 is 22.6 Å². The molecule has 0 bridgehead atoms. The summed E-state index contributed by atoms with van der Waals surface area (Å²) >= 11 is 2.20. The fourth-order valence-electron chi connectivity index (χ4n) is 6.37. The van der Waals surface area contributed by atoms with Crippen molar-refractivity contribution in [2.24, 2.45) is 5.92 Å². The normalized spacial score (nSPS) is 29.8. The minimum absolute atomic E-state index is 0.0255. The van der Waals surface area contributed by atoms with Crippen molar-refractivity contribution in [3.05, 3.63) is 62.7 Å². The monoisotopic (exact) mass is 608 g/mol. The number of halogens is 2. The minimum Gasteiger partial charge on any atom is -0.394 e. The van der Waals surface area contributed by atoms with Crippen LogP contribution in [-0.2, 0) is 32.9 Å². The predicted octanol–water partition coefficient (Wildman–Crippen LogP) is 4.35. The number of amides is 2. The number of hydrogen-bond donors (Lipinski definition) is 2. The highest BCUT2D eigenvalue weighted by Gasteiger charge is 2.65. The smallest absolute Gasteiger partial charge is 0.261 e. The molecule has 0 radical (unpaired) electrons. The molecule has 0 aliphatic carbocycles. The number of rotatable bonds is 4. The van der Waals surface area contributed by atoms with E-state index in [1.165, 1.54) is 0 Å². The molecular formula is C26H30FIN2O4Si. The van der Waals surface area contributed by atoms with Gasteiger partial charge in [-0.3, -0.25) is 9.59 Å². The van der Waals surface area contributed by atoms with Gasteiger partial charge in [0.25, 0.3) is 5.91 Å². The summed E-state index contributed by atoms with van der Waals surface area (Å²) in [5.41, 5.74) is 1.74. The van der Waals surface area contributed by atoms with Gasteiger partial charge in [-0.2, -0.15) is 0 Å². The van der Waals surface area contributed by atoms with Gasteiger partial charge in [0.1, 0.15) is 0 Å². The molecule has 1 fully saturated rings. The molecular weight excluding hydrogens is 578 g/mol. The van der Waals surface area contributed by atoms with E-state index < -0.39 is 31.6 Å². The third kappa shape index (κ3) is 4.04. The highest BCUT2D eigenvalue weighted by atomic mass is 127. The number of aliphatic hydroxyl groups excluding tert-OH is 1. The van der Waals surface area contributed by atoms with E-state index in [1.54, 1.807) is 18.0 Å². The first-order valence-electron chi connectivity index (χ1n) is 12.0. The molecule has 6 nitrogen and oxygen atoms in total. The van der Waals surface area contributed by atoms with Gasteiger partial charge in [-0.1, -0.05) is 31.2 Å². The predicted molar refractivity (Wildman–Crippen MR) is 142 cm³/mol. The number of ether oxygens (including phenoxy) is 1. The standard InChI is InChI=1S/C26H30FIN2O4Si/c1-15-24(35(2,3)27)22(34-26(15)20-11-18(28)8-9-21(20)29-25(26)33)12-23(32)30-13-17-7-5-4-6-16(17)10-19(30)14-31/h4-9,11,15,19,22,24,31H,10,12-14H2,1-3H3,(H,29,33)/t15-,19-,22+,24-,26+/m0/s1. The zero-order chi connectivity index (χ0) is 25.1. The van der Waals surface area contributed by atoms with Crippen LogP contribution in [0.1, 0.15) is 30.0 Å². The molecule has 5 atom stereocenters. The lowest BCUT2D eigenvalue weighted by atomic mass is 9.82. The Morgan fingerprint density at radius 2 is 2.00 bits per heavy atom. The summed E-state index contributed by atoms with van der Waals surface area (Å²) in [7, 11) is -3.33. The molecule has 0 aromatic heterocycles. The van der Waals surface area contributed by atoms with Gasteiger partial charge >= 0.3 is 0 Å². The first-order chi connectivity index (χ1) is 16.6. The quantitative estimate of drug-likeness (QED) is 0.308. The lowest BCUT2D eigenvalue weighted by molar-refractivity contribution is -0.149. The first-order valence-corrected chi connectivity index (χ1v) is 16.0. The van der Waals surface area contributed by atoms with Crippen LogP contribution < -0.4 is 5.32 Å². The van der Waals surface area contributed by atoms with Crippen molar-refractivity contribution >= 4 is 48.5 Å². The van der Waals surface area contributed by atoms with Crippen molar-refractivity contribution in [3.8, 4) is 0 Å². The number of carbonyl (C=O) groups excluding carboxylic acids is 2. The fraction of sp³-hybridized carbons (Fsp3) is 0.462. The molecule has 2 amide bonds. The van der Waals surface area contributed by atoms with Crippen LogP contribution in [0.4, 0.5) is 9.80 Å². The minimum atomic E-state index is -3.33. The van der Waals surface area contributed by atoms with Crippen molar-refractivity contribution in [1.29, 1.82) is 0 Å². The third-order valence-electron chi connectivity index (χ3n) is 7.94. The summed E-state index contributed by atoms with van der Waals surface area (Å²) in [5.74, 6) is -0.903. The van der Waals surface area contributed by atoms with Crippen LogP contribution in [0.5, 0.6) is 0 Å². The lowest BCUT2D eigenvalue weighted by Gasteiger charge is -2.37. The molecule has 186 valence electrons. The van der Waals surface area contributed by atoms with Gasteiger partial charge in [0.15, 0.2) is 5.60 Å². The number of aliphatic hydroxyl groups is 1. The van der Waals surface area contributed by atoms with Gasteiger partial charge in [0, 0.05) is 32.8 Å². The van der Waals surface area contributed by atoms with E-state index in [2.05, 4.69) is 27.9 Å². The van der Waals surface area contributed by atoms with Gasteiger partial charge in [0.2, 0.25) is 14.3 Å². The zero-order valence-electron chi connectivity index (χ0n) is 20.1. The molecule has 3 heterocycles. The maximum atomic E-state index is 15.8.